The Labute approximate surface area is 495 Å². The van der Waals surface area contributed by atoms with Crippen molar-refractivity contribution in [1.82, 2.24) is 0 Å². The Kier molecular flexibility index (Phi) is 16.0. The van der Waals surface area contributed by atoms with Crippen LogP contribution in [0.3, 0.4) is 0 Å². The van der Waals surface area contributed by atoms with Crippen molar-refractivity contribution in [3.63, 3.8) is 0 Å². The number of phenolic OH excluding ortho intramolecular Hbond substituents is 2. The summed E-state index contributed by atoms with van der Waals surface area (Å²) >= 11 is 0. The number of aliphatic imine (C=N–C) groups is 1. The van der Waals surface area contributed by atoms with Crippen LogP contribution in [0.2, 0.25) is 0 Å². The predicted octanol–water partition coefficient (Wildman–Crippen LogP) is 12.5. The van der Waals surface area contributed by atoms with Gasteiger partial charge in [0.05, 0.1) is 17.0 Å². The number of hydrogen-bond donors (Lipinski definition) is 7. The summed E-state index contributed by atoms with van der Waals surface area (Å²) < 4.78 is 55.5. The van der Waals surface area contributed by atoms with Crippen LogP contribution in [0.4, 0.5) is 0 Å². The molecule has 0 aromatic heterocycles. The van der Waals surface area contributed by atoms with Gasteiger partial charge < -0.3 is 41.4 Å². The molecule has 8 aliphatic rings. The van der Waals surface area contributed by atoms with Gasteiger partial charge in [0, 0.05) is 42.1 Å². The van der Waals surface area contributed by atoms with Gasteiger partial charge in [-0.2, -0.15) is 8.42 Å². The molecule has 0 radical (unpaired) electrons. The quantitative estimate of drug-likeness (QED) is 0.0213. The maximum atomic E-state index is 14.5. The Bertz CT molecular complexity index is 3660. The largest absolute Gasteiger partial charge is 0.508 e. The van der Waals surface area contributed by atoms with Gasteiger partial charge in [-0.15, -0.1) is 0 Å². The van der Waals surface area contributed by atoms with Crippen molar-refractivity contribution < 1.29 is 42.9 Å². The van der Waals surface area contributed by atoms with Crippen LogP contribution < -0.4 is 16.2 Å². The van der Waals surface area contributed by atoms with Crippen LogP contribution in [-0.2, 0) is 39.8 Å². The van der Waals surface area contributed by atoms with E-state index in [1.165, 1.54) is 0 Å². The van der Waals surface area contributed by atoms with Gasteiger partial charge in [-0.05, 0) is 211 Å². The molecule has 5 heterocycles. The molecule has 2 fully saturated rings. The summed E-state index contributed by atoms with van der Waals surface area (Å²) in [4.78, 5) is 5.18. The van der Waals surface area contributed by atoms with Crippen molar-refractivity contribution in [1.29, 1.82) is 0 Å². The highest BCUT2D eigenvalue weighted by atomic mass is 32.2. The third kappa shape index (κ3) is 11.7. The Balaban J connectivity index is 1.01. The Hall–Kier alpha value is -6.66. The van der Waals surface area contributed by atoms with E-state index in [9.17, 15) is 33.4 Å². The van der Waals surface area contributed by atoms with Crippen LogP contribution in [0.15, 0.2) is 138 Å². The van der Waals surface area contributed by atoms with E-state index in [0.29, 0.717) is 67.7 Å². The lowest BCUT2D eigenvalue weighted by molar-refractivity contribution is -0.0834. The summed E-state index contributed by atoms with van der Waals surface area (Å²) in [6.45, 7) is 6.46. The fourth-order valence-electron chi connectivity index (χ4n) is 16.1. The minimum Gasteiger partial charge on any atom is -0.508 e. The Morgan fingerprint density at radius 3 is 2.40 bits per heavy atom. The van der Waals surface area contributed by atoms with Crippen molar-refractivity contribution in [2.75, 3.05) is 6.61 Å². The van der Waals surface area contributed by atoms with Crippen LogP contribution in [-0.4, -0.2) is 62.9 Å². The van der Waals surface area contributed by atoms with E-state index in [1.807, 2.05) is 54.6 Å². The van der Waals surface area contributed by atoms with Gasteiger partial charge in [-0.1, -0.05) is 124 Å². The molecule has 14 rings (SSSR count). The van der Waals surface area contributed by atoms with Crippen LogP contribution in [0.1, 0.15) is 165 Å². The number of aromatic hydroxyl groups is 2. The smallest absolute Gasteiger partial charge is 0.268 e. The van der Waals surface area contributed by atoms with Crippen molar-refractivity contribution in [2.24, 2.45) is 52.0 Å². The number of guanidine groups is 1. The van der Waals surface area contributed by atoms with E-state index in [0.717, 1.165) is 87.4 Å². The number of fused-ring (bicyclic) bond motifs is 9. The maximum Gasteiger partial charge on any atom is 0.268 e. The molecule has 6 aromatic rings. The van der Waals surface area contributed by atoms with Gasteiger partial charge in [0.2, 0.25) is 5.72 Å². The lowest BCUT2D eigenvalue weighted by Crippen LogP contribution is -2.48. The summed E-state index contributed by atoms with van der Waals surface area (Å²) in [5, 5.41) is 47.0. The average Bonchev–Trinajstić information content (AvgIpc) is 3.31. The molecule has 0 unspecified atom stereocenters. The van der Waals surface area contributed by atoms with Crippen molar-refractivity contribution in [2.45, 2.75) is 157 Å². The van der Waals surface area contributed by atoms with E-state index in [2.05, 4.69) is 93.3 Å². The lowest BCUT2D eigenvalue weighted by Gasteiger charge is -2.46. The van der Waals surface area contributed by atoms with Crippen molar-refractivity contribution >= 4 is 26.9 Å². The monoisotopic (exact) mass is 1150 g/mol. The van der Waals surface area contributed by atoms with Crippen molar-refractivity contribution in [3.05, 3.63) is 183 Å². The molecular formula is C71H81N3O9S. The highest BCUT2D eigenvalue weighted by molar-refractivity contribution is 7.86. The summed E-state index contributed by atoms with van der Waals surface area (Å²) in [5.74, 6) is 5.60. The summed E-state index contributed by atoms with van der Waals surface area (Å²) in [6, 6.07) is 39.8. The fourth-order valence-corrected chi connectivity index (χ4v) is 17.2. The SMILES string of the molecule is CC(C)Cc1cc(O)cc2cc([C@H]3CCC[C@](O)([C@H](Cc4ccccc4)C[C@]4(N=C(N)N)Oc5ccc6c(c5)CC[C@@H](C)[C@@H]6C[C@@H](S(=O)(=O)O)[C@H]5C=C6C[C@H](C[C@H]7C[C@@H](CO)CC#Cc8cc(O)ccc8[C@@H]6O7)[C@@H]5c5ccc4cc5)C3)ccc12. The van der Waals surface area contributed by atoms with E-state index < -0.39 is 50.6 Å². The standard InChI is InChI=1S/C71H81N3O9S/c1-42(2)27-51-33-58(77)34-52-30-47(18-23-61(51)52)50-13-8-26-70(78,39-50)56(28-44-9-5-4-6-10-44)40-71(74-69(72)73)55-19-16-46(17-20-55)67-53-31-54(68-63-24-21-57(76)32-48(63)12-7-11-45(41-75)29-60(36-53)82-68)37-65(67)66(84(79,80)81)38-64-43(3)14-15-49-35-59(83-71)22-25-62(49)64/h4-6,9-10,16-25,30,32-35,37,42-43,45,50,53,56,60,64-68,75-78H,8,11,13-15,26-29,31,36,38-41H2,1-3H3,(H4,72,73,74)(H,79,80,81)/t43-,45+,50+,53-,56-,60-,64+,65-,66-,67+,68-,70-,71+/m1/s1. The Morgan fingerprint density at radius 1 is 0.857 bits per heavy atom. The first-order valence-electron chi connectivity index (χ1n) is 30.6. The van der Waals surface area contributed by atoms with E-state index in [4.69, 9.17) is 25.9 Å². The van der Waals surface area contributed by atoms with Crippen LogP contribution >= 0.6 is 0 Å². The molecule has 440 valence electrons. The third-order valence-corrected chi connectivity index (χ3v) is 21.3. The number of ether oxygens (including phenoxy) is 2. The number of rotatable bonds is 11. The highest BCUT2D eigenvalue weighted by Gasteiger charge is 2.51. The zero-order valence-corrected chi connectivity index (χ0v) is 49.4. The van der Waals surface area contributed by atoms with Crippen LogP contribution in [0.5, 0.6) is 17.2 Å². The van der Waals surface area contributed by atoms with Gasteiger partial charge in [0.1, 0.15) is 23.4 Å². The maximum absolute atomic E-state index is 14.5. The van der Waals surface area contributed by atoms with Gasteiger partial charge >= 0.3 is 0 Å². The molecule has 0 spiro atoms. The predicted molar refractivity (Wildman–Crippen MR) is 329 cm³/mol. The number of allylic oxidation sites excluding steroid dienone is 1. The zero-order valence-electron chi connectivity index (χ0n) is 48.5. The molecule has 1 saturated heterocycles. The first-order valence-corrected chi connectivity index (χ1v) is 32.1. The zero-order chi connectivity index (χ0) is 58.7. The molecular weight excluding hydrogens is 1070 g/mol. The van der Waals surface area contributed by atoms with Gasteiger partial charge in [-0.25, -0.2) is 4.99 Å². The van der Waals surface area contributed by atoms with Crippen molar-refractivity contribution in [3.8, 4) is 29.1 Å². The third-order valence-electron chi connectivity index (χ3n) is 20.1. The molecule has 1 saturated carbocycles. The molecule has 13 atom stereocenters. The second-order valence-electron chi connectivity index (χ2n) is 26.2. The molecule has 9 N–H and O–H groups in total. The number of benzene rings is 6. The molecule has 13 heteroatoms. The number of hydrogen-bond acceptors (Lipinski definition) is 9. The molecule has 0 amide bonds. The van der Waals surface area contributed by atoms with E-state index in [-0.39, 0.29) is 72.6 Å². The lowest BCUT2D eigenvalue weighted by atomic mass is 9.64. The van der Waals surface area contributed by atoms with Gasteiger partial charge in [0.15, 0.2) is 5.96 Å². The summed E-state index contributed by atoms with van der Waals surface area (Å²) in [6.07, 6.45) is 9.14. The molecule has 84 heavy (non-hydrogen) atoms. The average molecular weight is 1150 g/mol. The minimum absolute atomic E-state index is 0.0116. The first-order chi connectivity index (χ1) is 40.3. The second kappa shape index (κ2) is 23.3. The summed E-state index contributed by atoms with van der Waals surface area (Å²) in [7, 11) is -4.71. The van der Waals surface area contributed by atoms with E-state index >= 15 is 0 Å². The number of aliphatic hydroxyl groups is 2. The van der Waals surface area contributed by atoms with Crippen LogP contribution in [0.25, 0.3) is 10.8 Å². The minimum atomic E-state index is -4.71. The first kappa shape index (κ1) is 57.8. The molecule has 6 aromatic carbocycles. The molecule has 10 bridgehead atoms. The number of nitrogens with two attached hydrogens (primary N) is 2. The fraction of sp³-hybridized carbons (Fsp3) is 0.451. The molecule has 5 aliphatic heterocycles. The van der Waals surface area contributed by atoms with Crippen LogP contribution in [0, 0.1) is 47.3 Å². The number of aryl methyl sites for hydroxylation is 1. The summed E-state index contributed by atoms with van der Waals surface area (Å²) in [5.41, 5.74) is 19.6. The second-order valence-corrected chi connectivity index (χ2v) is 27.9. The topological polar surface area (TPSA) is 218 Å². The van der Waals surface area contributed by atoms with Gasteiger partial charge in [-0.3, -0.25) is 4.55 Å². The molecule has 12 nitrogen and oxygen atoms in total. The molecule has 3 aliphatic carbocycles. The number of aliphatic hydroxyl groups excluding tert-OH is 1. The Morgan fingerprint density at radius 2 is 1.64 bits per heavy atom. The van der Waals surface area contributed by atoms with Gasteiger partial charge in [0.25, 0.3) is 10.1 Å². The number of nitrogens with zero attached hydrogens (tertiary/aromatic N) is 1. The van der Waals surface area contributed by atoms with E-state index in [1.54, 1.807) is 12.1 Å². The number of phenols is 2. The highest BCUT2D eigenvalue weighted by Crippen LogP contribution is 2.56. The normalized spacial score (nSPS) is 29.5.